The minimum atomic E-state index is -4.18. The molecule has 0 aliphatic heterocycles. The summed E-state index contributed by atoms with van der Waals surface area (Å²) in [5.41, 5.74) is 1.88. The third kappa shape index (κ3) is 7.41. The van der Waals surface area contributed by atoms with Crippen LogP contribution in [0.15, 0.2) is 83.8 Å². The summed E-state index contributed by atoms with van der Waals surface area (Å²) in [6.07, 6.45) is 1.10. The van der Waals surface area contributed by atoms with E-state index in [2.05, 4.69) is 5.32 Å². The van der Waals surface area contributed by atoms with Gasteiger partial charge in [-0.1, -0.05) is 68.4 Å². The van der Waals surface area contributed by atoms with Gasteiger partial charge in [0.15, 0.2) is 0 Å². The van der Waals surface area contributed by atoms with Gasteiger partial charge in [0.25, 0.3) is 10.0 Å². The standard InChI is InChI=1S/C31H39N3O5S/c1-6-24(4)32-31(36)27(7-2)33(21-25-14-10-8-11-15-25)30(35)22-34(28-20-23(3)18-19-29(28)39-5)40(37,38)26-16-12-9-13-17-26/h8-20,24,27H,6-7,21-22H2,1-5H3,(H,32,36). The molecule has 3 aromatic rings. The first-order valence-corrected chi connectivity index (χ1v) is 14.9. The van der Waals surface area contributed by atoms with Crippen molar-refractivity contribution in [3.05, 3.63) is 90.0 Å². The van der Waals surface area contributed by atoms with Crippen LogP contribution in [0, 0.1) is 6.92 Å². The van der Waals surface area contributed by atoms with Crippen molar-refractivity contribution < 1.29 is 22.7 Å². The minimum absolute atomic E-state index is 0.0440. The molecule has 3 aromatic carbocycles. The van der Waals surface area contributed by atoms with Gasteiger partial charge in [0.1, 0.15) is 18.3 Å². The van der Waals surface area contributed by atoms with Crippen molar-refractivity contribution in [2.75, 3.05) is 18.0 Å². The van der Waals surface area contributed by atoms with Crippen molar-refractivity contribution in [1.29, 1.82) is 0 Å². The summed E-state index contributed by atoms with van der Waals surface area (Å²) in [5, 5.41) is 2.98. The average Bonchev–Trinajstić information content (AvgIpc) is 2.96. The number of hydrogen-bond acceptors (Lipinski definition) is 5. The van der Waals surface area contributed by atoms with Crippen LogP contribution in [-0.2, 0) is 26.2 Å². The third-order valence-corrected chi connectivity index (χ3v) is 8.57. The second-order valence-corrected chi connectivity index (χ2v) is 11.6. The van der Waals surface area contributed by atoms with Gasteiger partial charge in [0.05, 0.1) is 17.7 Å². The molecular weight excluding hydrogens is 526 g/mol. The predicted molar refractivity (Wildman–Crippen MR) is 158 cm³/mol. The molecule has 40 heavy (non-hydrogen) atoms. The number of amides is 2. The summed E-state index contributed by atoms with van der Waals surface area (Å²) >= 11 is 0. The van der Waals surface area contributed by atoms with Crippen LogP contribution in [-0.4, -0.2) is 50.9 Å². The summed E-state index contributed by atoms with van der Waals surface area (Å²) in [7, 11) is -2.72. The average molecular weight is 566 g/mol. The van der Waals surface area contributed by atoms with Crippen molar-refractivity contribution in [3.63, 3.8) is 0 Å². The van der Waals surface area contributed by atoms with Gasteiger partial charge in [0, 0.05) is 12.6 Å². The quantitative estimate of drug-likeness (QED) is 0.317. The fourth-order valence-electron chi connectivity index (χ4n) is 4.37. The number of sulfonamides is 1. The summed E-state index contributed by atoms with van der Waals surface area (Å²) in [6, 6.07) is 21.6. The first-order valence-electron chi connectivity index (χ1n) is 13.5. The lowest BCUT2D eigenvalue weighted by molar-refractivity contribution is -0.140. The molecule has 0 spiro atoms. The first kappa shape index (κ1) is 30.7. The molecule has 214 valence electrons. The van der Waals surface area contributed by atoms with Crippen molar-refractivity contribution in [2.24, 2.45) is 0 Å². The number of anilines is 1. The number of carbonyl (C=O) groups is 2. The lowest BCUT2D eigenvalue weighted by atomic mass is 10.1. The van der Waals surface area contributed by atoms with E-state index < -0.39 is 28.5 Å². The number of hydrogen-bond donors (Lipinski definition) is 1. The minimum Gasteiger partial charge on any atom is -0.495 e. The fourth-order valence-corrected chi connectivity index (χ4v) is 5.81. The van der Waals surface area contributed by atoms with E-state index in [1.165, 1.54) is 24.1 Å². The van der Waals surface area contributed by atoms with E-state index in [9.17, 15) is 18.0 Å². The molecule has 0 radical (unpaired) electrons. The maximum absolute atomic E-state index is 14.2. The van der Waals surface area contributed by atoms with E-state index in [1.807, 2.05) is 64.1 Å². The highest BCUT2D eigenvalue weighted by molar-refractivity contribution is 7.92. The summed E-state index contributed by atoms with van der Waals surface area (Å²) in [6.45, 7) is 7.19. The number of carbonyl (C=O) groups excluding carboxylic acids is 2. The van der Waals surface area contributed by atoms with E-state index in [0.29, 0.717) is 12.2 Å². The third-order valence-electron chi connectivity index (χ3n) is 6.80. The SMILES string of the molecule is CCC(C)NC(=O)C(CC)N(Cc1ccccc1)C(=O)CN(c1cc(C)ccc1OC)S(=O)(=O)c1ccccc1. The highest BCUT2D eigenvalue weighted by Gasteiger charge is 2.35. The zero-order chi connectivity index (χ0) is 29.3. The van der Waals surface area contributed by atoms with Gasteiger partial charge in [-0.3, -0.25) is 13.9 Å². The predicted octanol–water partition coefficient (Wildman–Crippen LogP) is 4.92. The number of benzene rings is 3. The summed E-state index contributed by atoms with van der Waals surface area (Å²) < 4.78 is 34.6. The normalized spacial score (nSPS) is 12.7. The molecule has 9 heteroatoms. The molecule has 0 saturated carbocycles. The van der Waals surface area contributed by atoms with E-state index in [0.717, 1.165) is 21.9 Å². The van der Waals surface area contributed by atoms with Crippen LogP contribution in [0.5, 0.6) is 5.75 Å². The van der Waals surface area contributed by atoms with Gasteiger partial charge in [-0.05, 0) is 62.1 Å². The van der Waals surface area contributed by atoms with Gasteiger partial charge in [0.2, 0.25) is 11.8 Å². The molecule has 8 nitrogen and oxygen atoms in total. The highest BCUT2D eigenvalue weighted by atomic mass is 32.2. The Bertz CT molecular complexity index is 1380. The number of aryl methyl sites for hydroxylation is 1. The Morgan fingerprint density at radius 1 is 0.925 bits per heavy atom. The van der Waals surface area contributed by atoms with Gasteiger partial charge in [-0.2, -0.15) is 0 Å². The lowest BCUT2D eigenvalue weighted by Gasteiger charge is -2.34. The number of methoxy groups -OCH3 is 1. The van der Waals surface area contributed by atoms with Crippen LogP contribution in [0.4, 0.5) is 5.69 Å². The second kappa shape index (κ2) is 14.0. The molecule has 3 rings (SSSR count). The molecule has 0 aromatic heterocycles. The molecule has 0 fully saturated rings. The number of nitrogens with one attached hydrogen (secondary N) is 1. The van der Waals surface area contributed by atoms with Crippen LogP contribution in [0.1, 0.15) is 44.7 Å². The van der Waals surface area contributed by atoms with Crippen molar-refractivity contribution >= 4 is 27.5 Å². The molecule has 2 amide bonds. The van der Waals surface area contributed by atoms with Gasteiger partial charge in [-0.15, -0.1) is 0 Å². The van der Waals surface area contributed by atoms with Gasteiger partial charge < -0.3 is 15.0 Å². The van der Waals surface area contributed by atoms with Crippen LogP contribution in [0.25, 0.3) is 0 Å². The Morgan fingerprint density at radius 3 is 2.12 bits per heavy atom. The number of ether oxygens (including phenoxy) is 1. The molecule has 0 aliphatic rings. The molecule has 0 heterocycles. The Balaban J connectivity index is 2.10. The molecule has 1 N–H and O–H groups in total. The smallest absolute Gasteiger partial charge is 0.264 e. The van der Waals surface area contributed by atoms with E-state index >= 15 is 0 Å². The van der Waals surface area contributed by atoms with Crippen molar-refractivity contribution in [2.45, 2.75) is 64.1 Å². The molecule has 0 bridgehead atoms. The summed E-state index contributed by atoms with van der Waals surface area (Å²) in [4.78, 5) is 29.0. The Hall–Kier alpha value is -3.85. The Morgan fingerprint density at radius 2 is 1.55 bits per heavy atom. The molecular formula is C31H39N3O5S. The molecule has 2 unspecified atom stereocenters. The van der Waals surface area contributed by atoms with Gasteiger partial charge >= 0.3 is 0 Å². The van der Waals surface area contributed by atoms with Crippen LogP contribution in [0.3, 0.4) is 0 Å². The van der Waals surface area contributed by atoms with Crippen LogP contribution < -0.4 is 14.4 Å². The van der Waals surface area contributed by atoms with E-state index in [4.69, 9.17) is 4.74 Å². The highest BCUT2D eigenvalue weighted by Crippen LogP contribution is 2.33. The van der Waals surface area contributed by atoms with Crippen molar-refractivity contribution in [1.82, 2.24) is 10.2 Å². The van der Waals surface area contributed by atoms with Gasteiger partial charge in [-0.25, -0.2) is 8.42 Å². The zero-order valence-corrected chi connectivity index (χ0v) is 24.6. The lowest BCUT2D eigenvalue weighted by Crippen LogP contribution is -2.53. The maximum atomic E-state index is 14.2. The van der Waals surface area contributed by atoms with Crippen LogP contribution in [0.2, 0.25) is 0 Å². The molecule has 0 aliphatic carbocycles. The summed E-state index contributed by atoms with van der Waals surface area (Å²) in [5.74, 6) is -0.459. The second-order valence-electron chi connectivity index (χ2n) is 9.75. The largest absolute Gasteiger partial charge is 0.495 e. The van der Waals surface area contributed by atoms with E-state index in [-0.39, 0.29) is 29.1 Å². The fraction of sp³-hybridized carbons (Fsp3) is 0.355. The topological polar surface area (TPSA) is 96.0 Å². The first-order chi connectivity index (χ1) is 19.1. The molecule has 0 saturated heterocycles. The number of nitrogens with zero attached hydrogens (tertiary/aromatic N) is 2. The number of rotatable bonds is 13. The Labute approximate surface area is 238 Å². The molecule has 2 atom stereocenters. The van der Waals surface area contributed by atoms with E-state index in [1.54, 1.807) is 30.3 Å². The Kier molecular flexibility index (Phi) is 10.7. The maximum Gasteiger partial charge on any atom is 0.264 e. The monoisotopic (exact) mass is 565 g/mol. The van der Waals surface area contributed by atoms with Crippen molar-refractivity contribution in [3.8, 4) is 5.75 Å². The zero-order valence-electron chi connectivity index (χ0n) is 23.8. The van der Waals surface area contributed by atoms with Crippen LogP contribution >= 0.6 is 0 Å².